The Labute approximate surface area is 137 Å². The third-order valence-corrected chi connectivity index (χ3v) is 4.18. The van der Waals surface area contributed by atoms with Crippen LogP contribution in [0.4, 0.5) is 0 Å². The van der Waals surface area contributed by atoms with E-state index in [2.05, 4.69) is 54.2 Å². The molecule has 19 heavy (non-hydrogen) atoms. The SMILES string of the molecule is Cl.OCC[C@H](c1cc(Br)cc(Br)c1)N1CCNCC1. The number of benzene rings is 1. The Bertz CT molecular complexity index is 380. The molecule has 108 valence electrons. The third-order valence-electron chi connectivity index (χ3n) is 3.26. The van der Waals surface area contributed by atoms with Gasteiger partial charge < -0.3 is 10.4 Å². The lowest BCUT2D eigenvalue weighted by molar-refractivity contribution is 0.141. The van der Waals surface area contributed by atoms with Crippen LogP contribution in [0.15, 0.2) is 27.1 Å². The lowest BCUT2D eigenvalue weighted by Gasteiger charge is -2.35. The van der Waals surface area contributed by atoms with Crippen LogP contribution in [-0.2, 0) is 0 Å². The molecule has 6 heteroatoms. The molecular formula is C13H19Br2ClN2O. The molecule has 0 amide bonds. The van der Waals surface area contributed by atoms with Gasteiger partial charge in [-0.15, -0.1) is 12.4 Å². The number of piperazine rings is 1. The second kappa shape index (κ2) is 8.60. The van der Waals surface area contributed by atoms with Crippen LogP contribution in [0.1, 0.15) is 18.0 Å². The summed E-state index contributed by atoms with van der Waals surface area (Å²) < 4.78 is 2.15. The van der Waals surface area contributed by atoms with Crippen LogP contribution < -0.4 is 5.32 Å². The highest BCUT2D eigenvalue weighted by molar-refractivity contribution is 9.11. The molecule has 1 aliphatic heterocycles. The van der Waals surface area contributed by atoms with Crippen molar-refractivity contribution in [3.8, 4) is 0 Å². The highest BCUT2D eigenvalue weighted by Crippen LogP contribution is 2.29. The summed E-state index contributed by atoms with van der Waals surface area (Å²) in [6, 6.07) is 6.63. The van der Waals surface area contributed by atoms with Gasteiger partial charge in [-0.1, -0.05) is 31.9 Å². The number of halogens is 3. The van der Waals surface area contributed by atoms with Gasteiger partial charge in [-0.25, -0.2) is 0 Å². The lowest BCUT2D eigenvalue weighted by atomic mass is 10.0. The minimum atomic E-state index is 0. The van der Waals surface area contributed by atoms with E-state index < -0.39 is 0 Å². The van der Waals surface area contributed by atoms with E-state index >= 15 is 0 Å². The molecule has 1 aliphatic rings. The predicted octanol–water partition coefficient (Wildman–Crippen LogP) is 2.96. The first kappa shape index (κ1) is 17.4. The number of nitrogens with zero attached hydrogens (tertiary/aromatic N) is 1. The molecular weight excluding hydrogens is 395 g/mol. The summed E-state index contributed by atoms with van der Waals surface area (Å²) in [5, 5.41) is 12.7. The Morgan fingerprint density at radius 1 is 1.16 bits per heavy atom. The van der Waals surface area contributed by atoms with Crippen molar-refractivity contribution in [2.75, 3.05) is 32.8 Å². The van der Waals surface area contributed by atoms with Crippen molar-refractivity contribution in [3.63, 3.8) is 0 Å². The summed E-state index contributed by atoms with van der Waals surface area (Å²) in [4.78, 5) is 2.45. The summed E-state index contributed by atoms with van der Waals surface area (Å²) in [5.41, 5.74) is 1.26. The molecule has 0 unspecified atom stereocenters. The van der Waals surface area contributed by atoms with E-state index in [0.29, 0.717) is 6.04 Å². The minimum Gasteiger partial charge on any atom is -0.396 e. The summed E-state index contributed by atoms with van der Waals surface area (Å²) in [6.07, 6.45) is 0.781. The van der Waals surface area contributed by atoms with Crippen LogP contribution in [0.25, 0.3) is 0 Å². The second-order valence-electron chi connectivity index (χ2n) is 4.52. The van der Waals surface area contributed by atoms with E-state index in [-0.39, 0.29) is 19.0 Å². The average molecular weight is 415 g/mol. The molecule has 1 aromatic carbocycles. The molecule has 0 saturated carbocycles. The number of nitrogens with one attached hydrogen (secondary N) is 1. The van der Waals surface area contributed by atoms with Crippen molar-refractivity contribution < 1.29 is 5.11 Å². The maximum absolute atomic E-state index is 9.30. The smallest absolute Gasteiger partial charge is 0.0449 e. The molecule has 1 saturated heterocycles. The number of rotatable bonds is 4. The lowest BCUT2D eigenvalue weighted by Crippen LogP contribution is -2.45. The van der Waals surface area contributed by atoms with Gasteiger partial charge in [0.05, 0.1) is 0 Å². The molecule has 2 rings (SSSR count). The Morgan fingerprint density at radius 3 is 2.26 bits per heavy atom. The fourth-order valence-electron chi connectivity index (χ4n) is 2.44. The second-order valence-corrected chi connectivity index (χ2v) is 6.35. The van der Waals surface area contributed by atoms with Crippen LogP contribution in [-0.4, -0.2) is 42.8 Å². The Balaban J connectivity index is 0.00000180. The predicted molar refractivity (Wildman–Crippen MR) is 88.0 cm³/mol. The Morgan fingerprint density at radius 2 is 1.74 bits per heavy atom. The van der Waals surface area contributed by atoms with Crippen LogP contribution in [0.5, 0.6) is 0 Å². The molecule has 1 fully saturated rings. The van der Waals surface area contributed by atoms with Crippen molar-refractivity contribution in [2.45, 2.75) is 12.5 Å². The fourth-order valence-corrected chi connectivity index (χ4v) is 3.77. The van der Waals surface area contributed by atoms with Gasteiger partial charge in [-0.05, 0) is 30.2 Å². The molecule has 2 N–H and O–H groups in total. The fraction of sp³-hybridized carbons (Fsp3) is 0.538. The van der Waals surface area contributed by atoms with Gasteiger partial charge in [-0.3, -0.25) is 4.90 Å². The molecule has 0 radical (unpaired) electrons. The number of hydrogen-bond acceptors (Lipinski definition) is 3. The Kier molecular flexibility index (Phi) is 7.87. The van der Waals surface area contributed by atoms with E-state index in [4.69, 9.17) is 0 Å². The standard InChI is InChI=1S/C13H18Br2N2O.ClH/c14-11-7-10(8-12(15)9-11)13(1-6-18)17-4-2-16-3-5-17;/h7-9,13,16,18H,1-6H2;1H/t13-;/m1./s1. The quantitative estimate of drug-likeness (QED) is 0.795. The first-order chi connectivity index (χ1) is 8.70. The molecule has 0 aliphatic carbocycles. The zero-order valence-corrected chi connectivity index (χ0v) is 14.6. The largest absolute Gasteiger partial charge is 0.396 e. The minimum absolute atomic E-state index is 0. The molecule has 0 aromatic heterocycles. The van der Waals surface area contributed by atoms with E-state index in [1.807, 2.05) is 6.07 Å². The van der Waals surface area contributed by atoms with Crippen molar-refractivity contribution in [1.29, 1.82) is 0 Å². The average Bonchev–Trinajstić information content (AvgIpc) is 2.36. The van der Waals surface area contributed by atoms with Crippen molar-refractivity contribution in [2.24, 2.45) is 0 Å². The molecule has 0 bridgehead atoms. The van der Waals surface area contributed by atoms with E-state index in [0.717, 1.165) is 41.5 Å². The molecule has 1 heterocycles. The summed E-state index contributed by atoms with van der Waals surface area (Å²) in [6.45, 7) is 4.34. The molecule has 1 aromatic rings. The van der Waals surface area contributed by atoms with Crippen molar-refractivity contribution in [1.82, 2.24) is 10.2 Å². The van der Waals surface area contributed by atoms with Crippen LogP contribution in [0.2, 0.25) is 0 Å². The Hall–Kier alpha value is 0.350. The molecule has 3 nitrogen and oxygen atoms in total. The van der Waals surface area contributed by atoms with Crippen molar-refractivity contribution >= 4 is 44.3 Å². The van der Waals surface area contributed by atoms with Gasteiger partial charge in [0, 0.05) is 47.8 Å². The molecule has 0 spiro atoms. The number of aliphatic hydroxyl groups excluding tert-OH is 1. The van der Waals surface area contributed by atoms with Crippen LogP contribution in [0, 0.1) is 0 Å². The summed E-state index contributed by atoms with van der Waals surface area (Å²) in [5.74, 6) is 0. The summed E-state index contributed by atoms with van der Waals surface area (Å²) in [7, 11) is 0. The number of hydrogen-bond donors (Lipinski definition) is 2. The number of aliphatic hydroxyl groups is 1. The topological polar surface area (TPSA) is 35.5 Å². The zero-order valence-electron chi connectivity index (χ0n) is 10.6. The highest BCUT2D eigenvalue weighted by atomic mass is 79.9. The van der Waals surface area contributed by atoms with Crippen molar-refractivity contribution in [3.05, 3.63) is 32.7 Å². The normalized spacial score (nSPS) is 17.8. The van der Waals surface area contributed by atoms with Gasteiger partial charge in [0.15, 0.2) is 0 Å². The van der Waals surface area contributed by atoms with Crippen LogP contribution >= 0.6 is 44.3 Å². The first-order valence-electron chi connectivity index (χ1n) is 6.22. The van der Waals surface area contributed by atoms with E-state index in [9.17, 15) is 5.11 Å². The van der Waals surface area contributed by atoms with Crippen LogP contribution in [0.3, 0.4) is 0 Å². The maximum atomic E-state index is 9.30. The summed E-state index contributed by atoms with van der Waals surface area (Å²) >= 11 is 7.07. The van der Waals surface area contributed by atoms with E-state index in [1.165, 1.54) is 5.56 Å². The van der Waals surface area contributed by atoms with Gasteiger partial charge in [0.25, 0.3) is 0 Å². The van der Waals surface area contributed by atoms with Gasteiger partial charge in [-0.2, -0.15) is 0 Å². The third kappa shape index (κ3) is 4.99. The first-order valence-corrected chi connectivity index (χ1v) is 7.81. The van der Waals surface area contributed by atoms with E-state index in [1.54, 1.807) is 0 Å². The monoisotopic (exact) mass is 412 g/mol. The molecule has 1 atom stereocenters. The maximum Gasteiger partial charge on any atom is 0.0449 e. The zero-order chi connectivity index (χ0) is 13.0. The van der Waals surface area contributed by atoms with Gasteiger partial charge in [0.1, 0.15) is 0 Å². The highest BCUT2D eigenvalue weighted by Gasteiger charge is 2.22. The van der Waals surface area contributed by atoms with Gasteiger partial charge in [0.2, 0.25) is 0 Å². The van der Waals surface area contributed by atoms with Gasteiger partial charge >= 0.3 is 0 Å².